The summed E-state index contributed by atoms with van der Waals surface area (Å²) < 4.78 is 44.0. The number of hydrogen-bond acceptors (Lipinski definition) is 5. The van der Waals surface area contributed by atoms with Gasteiger partial charge in [-0.3, -0.25) is 10.1 Å². The zero-order chi connectivity index (χ0) is 14.5. The molecular formula is C10H13FN2O5S. The summed E-state index contributed by atoms with van der Waals surface area (Å²) in [5.41, 5.74) is -1.06. The predicted molar refractivity (Wildman–Crippen MR) is 64.7 cm³/mol. The first-order valence-electron chi connectivity index (χ1n) is 5.40. The number of sulfonamides is 1. The van der Waals surface area contributed by atoms with Gasteiger partial charge in [-0.15, -0.1) is 0 Å². The summed E-state index contributed by atoms with van der Waals surface area (Å²) in [6.07, 6.45) is 0. The predicted octanol–water partition coefficient (Wildman–Crippen LogP) is 1.05. The molecule has 7 nitrogen and oxygen atoms in total. The maximum absolute atomic E-state index is 13.3. The van der Waals surface area contributed by atoms with Gasteiger partial charge in [-0.1, -0.05) is 6.07 Å². The van der Waals surface area contributed by atoms with Gasteiger partial charge in [-0.2, -0.15) is 4.39 Å². The summed E-state index contributed by atoms with van der Waals surface area (Å²) in [6, 6.07) is 2.90. The highest BCUT2D eigenvalue weighted by molar-refractivity contribution is 7.89. The lowest BCUT2D eigenvalue weighted by molar-refractivity contribution is -0.390. The number of hydrogen-bond donors (Lipinski definition) is 1. The summed E-state index contributed by atoms with van der Waals surface area (Å²) >= 11 is 0. The highest BCUT2D eigenvalue weighted by Gasteiger charge is 2.28. The Morgan fingerprint density at radius 3 is 2.74 bits per heavy atom. The Balaban J connectivity index is 3.01. The van der Waals surface area contributed by atoms with Crippen LogP contribution in [0.5, 0.6) is 0 Å². The summed E-state index contributed by atoms with van der Waals surface area (Å²) in [6.45, 7) is 2.23. The van der Waals surface area contributed by atoms with Crippen LogP contribution in [0.1, 0.15) is 6.92 Å². The van der Waals surface area contributed by atoms with Crippen LogP contribution in [0, 0.1) is 15.9 Å². The minimum absolute atomic E-state index is 0.0517. The fourth-order valence-corrected chi connectivity index (χ4v) is 2.55. The van der Waals surface area contributed by atoms with Crippen LogP contribution in [0.4, 0.5) is 10.1 Å². The van der Waals surface area contributed by atoms with Crippen molar-refractivity contribution in [1.82, 2.24) is 4.72 Å². The third-order valence-corrected chi connectivity index (χ3v) is 3.66. The third-order valence-electron chi connectivity index (χ3n) is 2.16. The van der Waals surface area contributed by atoms with E-state index in [4.69, 9.17) is 4.74 Å². The molecule has 0 radical (unpaired) electrons. The molecular weight excluding hydrogens is 279 g/mol. The van der Waals surface area contributed by atoms with Crippen LogP contribution in [0.2, 0.25) is 0 Å². The number of para-hydroxylation sites is 1. The number of nitrogens with zero attached hydrogens (tertiary/aromatic N) is 1. The first-order valence-corrected chi connectivity index (χ1v) is 6.88. The van der Waals surface area contributed by atoms with E-state index < -0.39 is 31.3 Å². The smallest absolute Gasteiger partial charge is 0.324 e. The Morgan fingerprint density at radius 1 is 1.47 bits per heavy atom. The van der Waals surface area contributed by atoms with Gasteiger partial charge in [0.1, 0.15) is 0 Å². The fraction of sp³-hybridized carbons (Fsp3) is 0.400. The van der Waals surface area contributed by atoms with E-state index in [1.807, 2.05) is 0 Å². The van der Waals surface area contributed by atoms with Crippen molar-refractivity contribution in [2.45, 2.75) is 11.8 Å². The Kier molecular flexibility index (Phi) is 5.33. The zero-order valence-electron chi connectivity index (χ0n) is 10.1. The highest BCUT2D eigenvalue weighted by atomic mass is 32.2. The molecule has 1 aromatic rings. The van der Waals surface area contributed by atoms with Crippen LogP contribution < -0.4 is 4.72 Å². The van der Waals surface area contributed by atoms with Crippen LogP contribution in [0.25, 0.3) is 0 Å². The molecule has 19 heavy (non-hydrogen) atoms. The van der Waals surface area contributed by atoms with E-state index in [0.29, 0.717) is 6.61 Å². The molecule has 0 aliphatic carbocycles. The van der Waals surface area contributed by atoms with Gasteiger partial charge in [-0.25, -0.2) is 13.1 Å². The molecule has 106 valence electrons. The Bertz CT molecular complexity index is 561. The molecule has 0 spiro atoms. The van der Waals surface area contributed by atoms with Gasteiger partial charge in [0.2, 0.25) is 15.8 Å². The molecule has 0 fully saturated rings. The third kappa shape index (κ3) is 3.94. The molecule has 0 aliphatic heterocycles. The van der Waals surface area contributed by atoms with Crippen molar-refractivity contribution in [3.8, 4) is 0 Å². The average Bonchev–Trinajstić information content (AvgIpc) is 2.34. The number of ether oxygens (including phenoxy) is 1. The van der Waals surface area contributed by atoms with E-state index in [0.717, 1.165) is 18.2 Å². The molecule has 0 unspecified atom stereocenters. The lowest BCUT2D eigenvalue weighted by atomic mass is 10.3. The molecule has 1 N–H and O–H groups in total. The van der Waals surface area contributed by atoms with Gasteiger partial charge < -0.3 is 4.74 Å². The van der Waals surface area contributed by atoms with Crippen molar-refractivity contribution in [2.75, 3.05) is 19.8 Å². The number of nitro groups is 1. The maximum atomic E-state index is 13.3. The Morgan fingerprint density at radius 2 is 2.16 bits per heavy atom. The molecule has 0 aliphatic rings. The van der Waals surface area contributed by atoms with Crippen LogP contribution in [-0.4, -0.2) is 33.1 Å². The van der Waals surface area contributed by atoms with Gasteiger partial charge in [0.25, 0.3) is 0 Å². The van der Waals surface area contributed by atoms with Gasteiger partial charge in [0, 0.05) is 13.2 Å². The van der Waals surface area contributed by atoms with Gasteiger partial charge in [0.05, 0.1) is 11.5 Å². The van der Waals surface area contributed by atoms with E-state index in [9.17, 15) is 22.9 Å². The highest BCUT2D eigenvalue weighted by Crippen LogP contribution is 2.26. The quantitative estimate of drug-likeness (QED) is 0.460. The van der Waals surface area contributed by atoms with Crippen molar-refractivity contribution in [3.63, 3.8) is 0 Å². The second-order valence-corrected chi connectivity index (χ2v) is 5.17. The molecule has 0 saturated carbocycles. The van der Waals surface area contributed by atoms with Crippen LogP contribution >= 0.6 is 0 Å². The molecule has 0 atom stereocenters. The fourth-order valence-electron chi connectivity index (χ4n) is 1.36. The topological polar surface area (TPSA) is 98.5 Å². The summed E-state index contributed by atoms with van der Waals surface area (Å²) in [7, 11) is -4.15. The molecule has 0 saturated heterocycles. The summed E-state index contributed by atoms with van der Waals surface area (Å²) in [5, 5.41) is 10.7. The first kappa shape index (κ1) is 15.5. The van der Waals surface area contributed by atoms with Crippen molar-refractivity contribution in [1.29, 1.82) is 0 Å². The average molecular weight is 292 g/mol. The first-order chi connectivity index (χ1) is 8.90. The van der Waals surface area contributed by atoms with Gasteiger partial charge in [-0.05, 0) is 19.1 Å². The number of halogens is 1. The zero-order valence-corrected chi connectivity index (χ0v) is 10.9. The van der Waals surface area contributed by atoms with Crippen LogP contribution in [0.3, 0.4) is 0 Å². The van der Waals surface area contributed by atoms with Crippen LogP contribution in [0.15, 0.2) is 23.1 Å². The lowest BCUT2D eigenvalue weighted by Crippen LogP contribution is -2.28. The Labute approximate surface area is 109 Å². The Hall–Kier alpha value is -1.58. The molecule has 9 heteroatoms. The summed E-state index contributed by atoms with van der Waals surface area (Å²) in [4.78, 5) is 8.95. The monoisotopic (exact) mass is 292 g/mol. The lowest BCUT2D eigenvalue weighted by Gasteiger charge is -2.07. The number of nitrogens with one attached hydrogen (secondary N) is 1. The molecule has 0 heterocycles. The van der Waals surface area contributed by atoms with Crippen molar-refractivity contribution < 1.29 is 22.5 Å². The van der Waals surface area contributed by atoms with Gasteiger partial charge in [0.15, 0.2) is 4.90 Å². The molecule has 0 aromatic heterocycles. The number of nitro benzene ring substituents is 1. The van der Waals surface area contributed by atoms with Crippen molar-refractivity contribution >= 4 is 15.7 Å². The van der Waals surface area contributed by atoms with Gasteiger partial charge >= 0.3 is 5.69 Å². The van der Waals surface area contributed by atoms with E-state index in [1.54, 1.807) is 6.92 Å². The van der Waals surface area contributed by atoms with E-state index in [2.05, 4.69) is 4.72 Å². The SMILES string of the molecule is CCOCCNS(=O)(=O)c1cccc(F)c1[N+](=O)[O-]. The number of benzene rings is 1. The molecule has 0 bridgehead atoms. The summed E-state index contributed by atoms with van der Waals surface area (Å²) in [5.74, 6) is -1.20. The standard InChI is InChI=1S/C10H13FN2O5S/c1-2-18-7-6-12-19(16,17)9-5-3-4-8(11)10(9)13(14)15/h3-5,12H,2,6-7H2,1H3. The van der Waals surface area contributed by atoms with E-state index >= 15 is 0 Å². The minimum Gasteiger partial charge on any atom is -0.380 e. The molecule has 1 aromatic carbocycles. The van der Waals surface area contributed by atoms with E-state index in [1.165, 1.54) is 0 Å². The second kappa shape index (κ2) is 6.55. The second-order valence-electron chi connectivity index (χ2n) is 3.44. The maximum Gasteiger partial charge on any atom is 0.324 e. The molecule has 0 amide bonds. The minimum atomic E-state index is -4.15. The van der Waals surface area contributed by atoms with Crippen LogP contribution in [-0.2, 0) is 14.8 Å². The normalized spacial score (nSPS) is 11.5. The number of rotatable bonds is 7. The molecule has 1 rings (SSSR count). The largest absolute Gasteiger partial charge is 0.380 e. The van der Waals surface area contributed by atoms with E-state index in [-0.39, 0.29) is 13.2 Å². The van der Waals surface area contributed by atoms with Crippen molar-refractivity contribution in [2.24, 2.45) is 0 Å². The van der Waals surface area contributed by atoms with Crippen molar-refractivity contribution in [3.05, 3.63) is 34.1 Å².